The van der Waals surface area contributed by atoms with Crippen molar-refractivity contribution in [2.45, 2.75) is 0 Å². The second-order valence-corrected chi connectivity index (χ2v) is 3.54. The summed E-state index contributed by atoms with van der Waals surface area (Å²) >= 11 is 0. The third-order valence-electron chi connectivity index (χ3n) is 2.39. The van der Waals surface area contributed by atoms with Crippen LogP contribution in [-0.2, 0) is 0 Å². The number of ether oxygens (including phenoxy) is 2. The zero-order chi connectivity index (χ0) is 13.0. The van der Waals surface area contributed by atoms with Crippen molar-refractivity contribution >= 4 is 11.5 Å². The van der Waals surface area contributed by atoms with E-state index in [2.05, 4.69) is 10.3 Å². The van der Waals surface area contributed by atoms with Crippen molar-refractivity contribution in [3.63, 3.8) is 0 Å². The van der Waals surface area contributed by atoms with Crippen LogP contribution in [0, 0.1) is 5.95 Å². The van der Waals surface area contributed by atoms with Crippen molar-refractivity contribution < 1.29 is 13.9 Å². The van der Waals surface area contributed by atoms with Crippen molar-refractivity contribution in [2.24, 2.45) is 0 Å². The number of methoxy groups -OCH3 is 2. The predicted octanol–water partition coefficient (Wildman–Crippen LogP) is 2.98. The SMILES string of the molecule is COc1ccc(Nc2cccc(F)n2)c(OC)c1. The smallest absolute Gasteiger partial charge is 0.214 e. The molecule has 0 radical (unpaired) electrons. The number of aromatic nitrogens is 1. The Balaban J connectivity index is 2.28. The highest BCUT2D eigenvalue weighted by molar-refractivity contribution is 5.65. The Morgan fingerprint density at radius 2 is 1.94 bits per heavy atom. The third kappa shape index (κ3) is 2.68. The second-order valence-electron chi connectivity index (χ2n) is 3.54. The molecule has 0 aliphatic rings. The lowest BCUT2D eigenvalue weighted by atomic mass is 10.2. The van der Waals surface area contributed by atoms with E-state index in [4.69, 9.17) is 9.47 Å². The number of pyridine rings is 1. The maximum atomic E-state index is 13.0. The van der Waals surface area contributed by atoms with Crippen LogP contribution in [0.5, 0.6) is 11.5 Å². The molecule has 0 fully saturated rings. The van der Waals surface area contributed by atoms with Gasteiger partial charge in [-0.1, -0.05) is 6.07 Å². The van der Waals surface area contributed by atoms with Crippen LogP contribution in [0.1, 0.15) is 0 Å². The van der Waals surface area contributed by atoms with Gasteiger partial charge in [0.1, 0.15) is 17.3 Å². The maximum Gasteiger partial charge on any atom is 0.214 e. The monoisotopic (exact) mass is 248 g/mol. The first-order valence-electron chi connectivity index (χ1n) is 5.34. The summed E-state index contributed by atoms with van der Waals surface area (Å²) < 4.78 is 23.3. The van der Waals surface area contributed by atoms with Crippen molar-refractivity contribution in [2.75, 3.05) is 19.5 Å². The fraction of sp³-hybridized carbons (Fsp3) is 0.154. The highest BCUT2D eigenvalue weighted by atomic mass is 19.1. The summed E-state index contributed by atoms with van der Waals surface area (Å²) in [6.07, 6.45) is 0. The molecule has 0 aliphatic heterocycles. The molecule has 0 bridgehead atoms. The van der Waals surface area contributed by atoms with Crippen molar-refractivity contribution in [1.82, 2.24) is 4.98 Å². The summed E-state index contributed by atoms with van der Waals surface area (Å²) in [5.74, 6) is 1.16. The zero-order valence-corrected chi connectivity index (χ0v) is 10.1. The Morgan fingerprint density at radius 1 is 1.11 bits per heavy atom. The van der Waals surface area contributed by atoms with Gasteiger partial charge in [0.25, 0.3) is 0 Å². The molecule has 0 spiro atoms. The van der Waals surface area contributed by atoms with Gasteiger partial charge >= 0.3 is 0 Å². The minimum Gasteiger partial charge on any atom is -0.497 e. The normalized spacial score (nSPS) is 9.94. The molecule has 0 saturated carbocycles. The minimum atomic E-state index is -0.535. The highest BCUT2D eigenvalue weighted by Gasteiger charge is 2.06. The van der Waals surface area contributed by atoms with Gasteiger partial charge in [-0.25, -0.2) is 4.98 Å². The molecule has 2 aromatic rings. The summed E-state index contributed by atoms with van der Waals surface area (Å²) in [5, 5.41) is 2.98. The van der Waals surface area contributed by atoms with Crippen molar-refractivity contribution in [1.29, 1.82) is 0 Å². The van der Waals surface area contributed by atoms with Crippen LogP contribution in [0.2, 0.25) is 0 Å². The van der Waals surface area contributed by atoms with Crippen molar-refractivity contribution in [3.8, 4) is 11.5 Å². The van der Waals surface area contributed by atoms with Crippen LogP contribution in [0.4, 0.5) is 15.9 Å². The van der Waals surface area contributed by atoms with Crippen LogP contribution < -0.4 is 14.8 Å². The molecule has 0 amide bonds. The zero-order valence-electron chi connectivity index (χ0n) is 10.1. The van der Waals surface area contributed by atoms with E-state index in [1.807, 2.05) is 0 Å². The molecule has 94 valence electrons. The molecule has 0 aliphatic carbocycles. The molecule has 1 heterocycles. The molecule has 1 aromatic heterocycles. The maximum absolute atomic E-state index is 13.0. The highest BCUT2D eigenvalue weighted by Crippen LogP contribution is 2.30. The summed E-state index contributed by atoms with van der Waals surface area (Å²) in [4.78, 5) is 3.72. The first-order chi connectivity index (χ1) is 8.72. The number of benzene rings is 1. The van der Waals surface area contributed by atoms with E-state index in [1.165, 1.54) is 6.07 Å². The second kappa shape index (κ2) is 5.35. The van der Waals surface area contributed by atoms with Gasteiger partial charge in [-0.3, -0.25) is 0 Å². The predicted molar refractivity (Wildman–Crippen MR) is 67.0 cm³/mol. The van der Waals surface area contributed by atoms with Crippen LogP contribution in [0.25, 0.3) is 0 Å². The van der Waals surface area contributed by atoms with Gasteiger partial charge in [0, 0.05) is 6.07 Å². The third-order valence-corrected chi connectivity index (χ3v) is 2.39. The van der Waals surface area contributed by atoms with Gasteiger partial charge < -0.3 is 14.8 Å². The lowest BCUT2D eigenvalue weighted by molar-refractivity contribution is 0.395. The van der Waals surface area contributed by atoms with Gasteiger partial charge in [0.15, 0.2) is 0 Å². The lowest BCUT2D eigenvalue weighted by Gasteiger charge is -2.11. The molecule has 18 heavy (non-hydrogen) atoms. The Kier molecular flexibility index (Phi) is 3.62. The van der Waals surface area contributed by atoms with Crippen molar-refractivity contribution in [3.05, 3.63) is 42.3 Å². The number of nitrogens with zero attached hydrogens (tertiary/aromatic N) is 1. The van der Waals surface area contributed by atoms with E-state index < -0.39 is 5.95 Å². The molecule has 1 aromatic carbocycles. The Labute approximate surface area is 104 Å². The largest absolute Gasteiger partial charge is 0.497 e. The standard InChI is InChI=1S/C13H13FN2O2/c1-17-9-6-7-10(11(8-9)18-2)15-13-5-3-4-12(14)16-13/h3-8H,1-2H3,(H,15,16). The average molecular weight is 248 g/mol. The van der Waals surface area contributed by atoms with Crippen LogP contribution in [-0.4, -0.2) is 19.2 Å². The number of nitrogens with one attached hydrogen (secondary N) is 1. The molecule has 5 heteroatoms. The van der Waals surface area contributed by atoms with Gasteiger partial charge in [0.05, 0.1) is 19.9 Å². The first kappa shape index (κ1) is 12.2. The quantitative estimate of drug-likeness (QED) is 0.845. The number of halogens is 1. The summed E-state index contributed by atoms with van der Waals surface area (Å²) in [7, 11) is 3.13. The van der Waals surface area contributed by atoms with E-state index in [0.717, 1.165) is 0 Å². The van der Waals surface area contributed by atoms with E-state index in [-0.39, 0.29) is 0 Å². The molecule has 1 N–H and O–H groups in total. The molecular formula is C13H13FN2O2. The summed E-state index contributed by atoms with van der Waals surface area (Å²) in [6.45, 7) is 0. The van der Waals surface area contributed by atoms with Gasteiger partial charge in [-0.05, 0) is 24.3 Å². The number of hydrogen-bond acceptors (Lipinski definition) is 4. The topological polar surface area (TPSA) is 43.4 Å². The van der Waals surface area contributed by atoms with Crippen LogP contribution in [0.3, 0.4) is 0 Å². The van der Waals surface area contributed by atoms with E-state index >= 15 is 0 Å². The molecule has 4 nitrogen and oxygen atoms in total. The van der Waals surface area contributed by atoms with Gasteiger partial charge in [0.2, 0.25) is 5.95 Å². The van der Waals surface area contributed by atoms with E-state index in [1.54, 1.807) is 44.6 Å². The summed E-state index contributed by atoms with van der Waals surface area (Å²) in [5.41, 5.74) is 0.691. The molecule has 0 atom stereocenters. The molecule has 2 rings (SSSR count). The number of hydrogen-bond donors (Lipinski definition) is 1. The minimum absolute atomic E-state index is 0.415. The summed E-state index contributed by atoms with van der Waals surface area (Å²) in [6, 6.07) is 9.85. The first-order valence-corrected chi connectivity index (χ1v) is 5.34. The Hall–Kier alpha value is -2.30. The van der Waals surface area contributed by atoms with E-state index in [9.17, 15) is 4.39 Å². The Morgan fingerprint density at radius 3 is 2.61 bits per heavy atom. The fourth-order valence-electron chi connectivity index (χ4n) is 1.52. The number of anilines is 2. The fourth-order valence-corrected chi connectivity index (χ4v) is 1.52. The molecule has 0 saturated heterocycles. The van der Waals surface area contributed by atoms with Gasteiger partial charge in [-0.15, -0.1) is 0 Å². The average Bonchev–Trinajstić information content (AvgIpc) is 2.39. The number of rotatable bonds is 4. The Bertz CT molecular complexity index is 546. The lowest BCUT2D eigenvalue weighted by Crippen LogP contribution is -1.98. The van der Waals surface area contributed by atoms with Crippen LogP contribution in [0.15, 0.2) is 36.4 Å². The molecule has 0 unspecified atom stereocenters. The van der Waals surface area contributed by atoms with Crippen LogP contribution >= 0.6 is 0 Å². The van der Waals surface area contributed by atoms with Gasteiger partial charge in [-0.2, -0.15) is 4.39 Å². The molecular weight excluding hydrogens is 235 g/mol. The van der Waals surface area contributed by atoms with E-state index in [0.29, 0.717) is 23.0 Å².